The average Bonchev–Trinajstić information content (AvgIpc) is 2.77. The predicted molar refractivity (Wildman–Crippen MR) is 69.9 cm³/mol. The number of hydrogen-bond acceptors (Lipinski definition) is 3. The third kappa shape index (κ3) is 4.90. The Morgan fingerprint density at radius 2 is 2.29 bits per heavy atom. The highest BCUT2D eigenvalue weighted by atomic mass is 16.5. The van der Waals surface area contributed by atoms with E-state index in [9.17, 15) is 4.79 Å². The highest BCUT2D eigenvalue weighted by Crippen LogP contribution is 2.19. The molecule has 0 aromatic rings. The van der Waals surface area contributed by atoms with Gasteiger partial charge in [0.15, 0.2) is 0 Å². The van der Waals surface area contributed by atoms with Gasteiger partial charge in [0, 0.05) is 0 Å². The van der Waals surface area contributed by atoms with Crippen molar-refractivity contribution in [2.45, 2.75) is 51.5 Å². The van der Waals surface area contributed by atoms with Gasteiger partial charge in [-0.1, -0.05) is 12.5 Å². The maximum Gasteiger partial charge on any atom is 0.323 e. The van der Waals surface area contributed by atoms with E-state index in [0.717, 1.165) is 32.4 Å². The molecule has 3 nitrogen and oxygen atoms in total. The topological polar surface area (TPSA) is 29.5 Å². The number of unbranched alkanes of at least 4 members (excludes halogenated alkanes) is 3. The van der Waals surface area contributed by atoms with Gasteiger partial charge in [-0.25, -0.2) is 0 Å². The molecule has 0 aromatic heterocycles. The number of carbonyl (C=O) groups excluding carboxylic acids is 1. The van der Waals surface area contributed by atoms with Crippen molar-refractivity contribution in [3.63, 3.8) is 0 Å². The van der Waals surface area contributed by atoms with Crippen LogP contribution in [0, 0.1) is 0 Å². The molecule has 3 heteroatoms. The molecule has 1 heterocycles. The molecule has 0 amide bonds. The van der Waals surface area contributed by atoms with Crippen LogP contribution in [0.3, 0.4) is 0 Å². The standard InChI is InChI=1S/C14H25NO2/c1-3-5-6-7-8-11-15-12-9-10-13(15)14(16)17-4-2/h3,13H,1,4-12H2,2H3. The summed E-state index contributed by atoms with van der Waals surface area (Å²) in [5, 5.41) is 0. The summed E-state index contributed by atoms with van der Waals surface area (Å²) < 4.78 is 5.11. The number of carbonyl (C=O) groups is 1. The van der Waals surface area contributed by atoms with Crippen molar-refractivity contribution in [2.75, 3.05) is 19.7 Å². The lowest BCUT2D eigenvalue weighted by Crippen LogP contribution is -2.37. The quantitative estimate of drug-likeness (QED) is 0.370. The second kappa shape index (κ2) is 8.29. The van der Waals surface area contributed by atoms with Crippen LogP contribution < -0.4 is 0 Å². The van der Waals surface area contributed by atoms with Crippen LogP contribution in [0.2, 0.25) is 0 Å². The minimum atomic E-state index is -0.0314. The monoisotopic (exact) mass is 239 g/mol. The summed E-state index contributed by atoms with van der Waals surface area (Å²) in [6.07, 6.45) is 8.75. The Balaban J connectivity index is 2.22. The zero-order valence-electron chi connectivity index (χ0n) is 11.0. The largest absolute Gasteiger partial charge is 0.465 e. The molecular weight excluding hydrogens is 214 g/mol. The normalized spacial score (nSPS) is 20.4. The van der Waals surface area contributed by atoms with Gasteiger partial charge >= 0.3 is 5.97 Å². The Hall–Kier alpha value is -0.830. The highest BCUT2D eigenvalue weighted by Gasteiger charge is 2.30. The van der Waals surface area contributed by atoms with Gasteiger partial charge in [0.25, 0.3) is 0 Å². The molecule has 0 aliphatic carbocycles. The van der Waals surface area contributed by atoms with E-state index >= 15 is 0 Å². The van der Waals surface area contributed by atoms with E-state index in [2.05, 4.69) is 11.5 Å². The number of hydrogen-bond donors (Lipinski definition) is 0. The molecule has 0 radical (unpaired) electrons. The zero-order chi connectivity index (χ0) is 12.5. The van der Waals surface area contributed by atoms with Gasteiger partial charge in [-0.05, 0) is 52.1 Å². The zero-order valence-corrected chi connectivity index (χ0v) is 11.0. The Morgan fingerprint density at radius 1 is 1.47 bits per heavy atom. The van der Waals surface area contributed by atoms with E-state index in [1.807, 2.05) is 13.0 Å². The first-order valence-corrected chi connectivity index (χ1v) is 6.81. The van der Waals surface area contributed by atoms with Crippen LogP contribution in [-0.4, -0.2) is 36.6 Å². The molecule has 1 aliphatic rings. The average molecular weight is 239 g/mol. The van der Waals surface area contributed by atoms with Crippen LogP contribution in [0.15, 0.2) is 12.7 Å². The van der Waals surface area contributed by atoms with Gasteiger partial charge in [0.2, 0.25) is 0 Å². The fourth-order valence-corrected chi connectivity index (χ4v) is 2.38. The minimum Gasteiger partial charge on any atom is -0.465 e. The lowest BCUT2D eigenvalue weighted by Gasteiger charge is -2.22. The van der Waals surface area contributed by atoms with E-state index in [0.29, 0.717) is 6.61 Å². The third-order valence-electron chi connectivity index (χ3n) is 3.28. The molecule has 98 valence electrons. The fourth-order valence-electron chi connectivity index (χ4n) is 2.38. The maximum absolute atomic E-state index is 11.7. The minimum absolute atomic E-state index is 0.0226. The molecule has 1 rings (SSSR count). The Kier molecular flexibility index (Phi) is 6.94. The van der Waals surface area contributed by atoms with Gasteiger partial charge < -0.3 is 4.74 Å². The Labute approximate surface area is 105 Å². The number of esters is 1. The number of allylic oxidation sites excluding steroid dienone is 1. The third-order valence-corrected chi connectivity index (χ3v) is 3.28. The summed E-state index contributed by atoms with van der Waals surface area (Å²) in [6.45, 7) is 8.15. The second-order valence-corrected chi connectivity index (χ2v) is 4.58. The number of nitrogens with zero attached hydrogens (tertiary/aromatic N) is 1. The predicted octanol–water partition coefficient (Wildman–Crippen LogP) is 2.76. The second-order valence-electron chi connectivity index (χ2n) is 4.58. The van der Waals surface area contributed by atoms with E-state index < -0.39 is 0 Å². The summed E-state index contributed by atoms with van der Waals surface area (Å²) in [4.78, 5) is 14.0. The van der Waals surface area contributed by atoms with E-state index in [4.69, 9.17) is 4.74 Å². The first kappa shape index (κ1) is 14.2. The van der Waals surface area contributed by atoms with Crippen molar-refractivity contribution < 1.29 is 9.53 Å². The lowest BCUT2D eigenvalue weighted by atomic mass is 10.1. The molecule has 0 spiro atoms. The molecule has 1 saturated heterocycles. The summed E-state index contributed by atoms with van der Waals surface area (Å²) in [5.41, 5.74) is 0. The molecule has 0 N–H and O–H groups in total. The Bertz CT molecular complexity index is 240. The van der Waals surface area contributed by atoms with Crippen LogP contribution in [0.1, 0.15) is 45.4 Å². The van der Waals surface area contributed by atoms with Gasteiger partial charge in [-0.15, -0.1) is 6.58 Å². The molecule has 1 atom stereocenters. The van der Waals surface area contributed by atoms with E-state index in [1.54, 1.807) is 0 Å². The summed E-state index contributed by atoms with van der Waals surface area (Å²) in [5.74, 6) is -0.0314. The van der Waals surface area contributed by atoms with E-state index in [-0.39, 0.29) is 12.0 Å². The Morgan fingerprint density at radius 3 is 3.00 bits per heavy atom. The van der Waals surface area contributed by atoms with Gasteiger partial charge in [-0.2, -0.15) is 0 Å². The molecule has 1 unspecified atom stereocenters. The van der Waals surface area contributed by atoms with Crippen LogP contribution >= 0.6 is 0 Å². The van der Waals surface area contributed by atoms with Crippen molar-refractivity contribution in [1.29, 1.82) is 0 Å². The summed E-state index contributed by atoms with van der Waals surface area (Å²) in [6, 6.07) is 0.0226. The van der Waals surface area contributed by atoms with Crippen molar-refractivity contribution >= 4 is 5.97 Å². The van der Waals surface area contributed by atoms with E-state index in [1.165, 1.54) is 19.3 Å². The van der Waals surface area contributed by atoms with Crippen LogP contribution in [0.25, 0.3) is 0 Å². The molecule has 0 bridgehead atoms. The van der Waals surface area contributed by atoms with Gasteiger partial charge in [0.05, 0.1) is 6.61 Å². The van der Waals surface area contributed by atoms with Crippen LogP contribution in [0.4, 0.5) is 0 Å². The molecular formula is C14H25NO2. The maximum atomic E-state index is 11.7. The fraction of sp³-hybridized carbons (Fsp3) is 0.786. The molecule has 1 fully saturated rings. The lowest BCUT2D eigenvalue weighted by molar-refractivity contribution is -0.148. The van der Waals surface area contributed by atoms with Crippen molar-refractivity contribution in [3.05, 3.63) is 12.7 Å². The van der Waals surface area contributed by atoms with Crippen molar-refractivity contribution in [1.82, 2.24) is 4.90 Å². The number of likely N-dealkylation sites (tertiary alicyclic amines) is 1. The molecule has 17 heavy (non-hydrogen) atoms. The SMILES string of the molecule is C=CCCCCCN1CCCC1C(=O)OCC. The van der Waals surface area contributed by atoms with Crippen LogP contribution in [0.5, 0.6) is 0 Å². The molecule has 0 saturated carbocycles. The molecule has 1 aliphatic heterocycles. The number of rotatable bonds is 8. The highest BCUT2D eigenvalue weighted by molar-refractivity contribution is 5.76. The van der Waals surface area contributed by atoms with Crippen LogP contribution in [-0.2, 0) is 9.53 Å². The molecule has 0 aromatic carbocycles. The van der Waals surface area contributed by atoms with Crippen molar-refractivity contribution in [2.24, 2.45) is 0 Å². The van der Waals surface area contributed by atoms with Gasteiger partial charge in [-0.3, -0.25) is 9.69 Å². The van der Waals surface area contributed by atoms with Crippen molar-refractivity contribution in [3.8, 4) is 0 Å². The summed E-state index contributed by atoms with van der Waals surface area (Å²) >= 11 is 0. The van der Waals surface area contributed by atoms with Gasteiger partial charge in [0.1, 0.15) is 6.04 Å². The smallest absolute Gasteiger partial charge is 0.323 e. The first-order valence-electron chi connectivity index (χ1n) is 6.81. The number of ether oxygens (including phenoxy) is 1. The summed E-state index contributed by atoms with van der Waals surface area (Å²) in [7, 11) is 0. The first-order chi connectivity index (χ1) is 8.29.